The van der Waals surface area contributed by atoms with Crippen LogP contribution in [0, 0.1) is 0 Å². The number of carbonyl (C=O) groups excluding carboxylic acids is 1. The van der Waals surface area contributed by atoms with Crippen molar-refractivity contribution in [3.63, 3.8) is 0 Å². The van der Waals surface area contributed by atoms with Crippen LogP contribution in [0.1, 0.15) is 13.8 Å². The van der Waals surface area contributed by atoms with Crippen molar-refractivity contribution in [1.29, 1.82) is 0 Å². The summed E-state index contributed by atoms with van der Waals surface area (Å²) >= 11 is 0. The van der Waals surface area contributed by atoms with E-state index in [0.29, 0.717) is 6.61 Å². The third-order valence-corrected chi connectivity index (χ3v) is 1.39. The fourth-order valence-electron chi connectivity index (χ4n) is 0.748. The van der Waals surface area contributed by atoms with Gasteiger partial charge in [-0.05, 0) is 26.0 Å². The van der Waals surface area contributed by atoms with Crippen LogP contribution in [0.15, 0.2) is 54.9 Å². The van der Waals surface area contributed by atoms with E-state index in [4.69, 9.17) is 0 Å². The van der Waals surface area contributed by atoms with Gasteiger partial charge in [-0.25, -0.2) is 4.79 Å². The number of pyridine rings is 1. The molecule has 0 aliphatic heterocycles. The minimum Gasteiger partial charge on any atom is -0.463 e. The van der Waals surface area contributed by atoms with Crippen molar-refractivity contribution in [2.45, 2.75) is 13.8 Å². The Hall–Kier alpha value is -1.90. The van der Waals surface area contributed by atoms with Gasteiger partial charge in [-0.15, -0.1) is 0 Å². The van der Waals surface area contributed by atoms with E-state index in [9.17, 15) is 4.79 Å². The first-order chi connectivity index (χ1) is 7.81. The summed E-state index contributed by atoms with van der Waals surface area (Å²) in [6.45, 7) is 4.09. The monoisotopic (exact) mass is 219 g/mol. The molecule has 1 aromatic rings. The van der Waals surface area contributed by atoms with Crippen LogP contribution in [0.5, 0.6) is 0 Å². The van der Waals surface area contributed by atoms with Gasteiger partial charge in [-0.3, -0.25) is 4.98 Å². The van der Waals surface area contributed by atoms with Gasteiger partial charge >= 0.3 is 5.97 Å². The van der Waals surface area contributed by atoms with E-state index >= 15 is 0 Å². The second-order valence-electron chi connectivity index (χ2n) is 2.66. The van der Waals surface area contributed by atoms with E-state index in [1.807, 2.05) is 31.2 Å². The Morgan fingerprint density at radius 3 is 2.31 bits per heavy atom. The molecule has 0 N–H and O–H groups in total. The number of esters is 1. The third-order valence-electron chi connectivity index (χ3n) is 1.39. The minimum absolute atomic E-state index is 0.291. The molecule has 3 nitrogen and oxygen atoms in total. The molecule has 0 unspecified atom stereocenters. The first-order valence-electron chi connectivity index (χ1n) is 5.12. The molecular formula is C13H17NO2. The zero-order valence-corrected chi connectivity index (χ0v) is 9.67. The third kappa shape index (κ3) is 10.2. The zero-order chi connectivity index (χ0) is 12.1. The van der Waals surface area contributed by atoms with E-state index in [2.05, 4.69) is 9.72 Å². The molecule has 0 fully saturated rings. The summed E-state index contributed by atoms with van der Waals surface area (Å²) in [7, 11) is 0. The lowest BCUT2D eigenvalue weighted by Gasteiger charge is -1.92. The largest absolute Gasteiger partial charge is 0.463 e. The highest BCUT2D eigenvalue weighted by Crippen LogP contribution is 1.81. The number of rotatable bonds is 3. The topological polar surface area (TPSA) is 39.2 Å². The van der Waals surface area contributed by atoms with Crippen LogP contribution in [-0.4, -0.2) is 17.6 Å². The summed E-state index contributed by atoms with van der Waals surface area (Å²) in [5.74, 6) is -0.291. The van der Waals surface area contributed by atoms with E-state index in [1.165, 1.54) is 6.08 Å². The second-order valence-corrected chi connectivity index (χ2v) is 2.66. The molecule has 0 saturated heterocycles. The first kappa shape index (κ1) is 14.1. The molecule has 86 valence electrons. The Balaban J connectivity index is 0.000000315. The van der Waals surface area contributed by atoms with Crippen LogP contribution in [-0.2, 0) is 9.53 Å². The van der Waals surface area contributed by atoms with Gasteiger partial charge in [0.25, 0.3) is 0 Å². The summed E-state index contributed by atoms with van der Waals surface area (Å²) in [5, 5.41) is 0. The average molecular weight is 219 g/mol. The highest BCUT2D eigenvalue weighted by molar-refractivity contribution is 5.82. The molecule has 16 heavy (non-hydrogen) atoms. The summed E-state index contributed by atoms with van der Waals surface area (Å²) in [4.78, 5) is 14.4. The number of ether oxygens (including phenoxy) is 1. The molecule has 0 spiro atoms. The van der Waals surface area contributed by atoms with Crippen molar-refractivity contribution >= 4 is 5.97 Å². The molecule has 0 amide bonds. The fraction of sp³-hybridized carbons (Fsp3) is 0.231. The van der Waals surface area contributed by atoms with Crippen molar-refractivity contribution in [2.75, 3.05) is 6.61 Å². The summed E-state index contributed by atoms with van der Waals surface area (Å²) < 4.78 is 4.63. The SMILES string of the molecule is C/C=C/C=C/C(=O)OCC.c1ccncc1. The van der Waals surface area contributed by atoms with Gasteiger partial charge in [-0.2, -0.15) is 0 Å². The Bertz CT molecular complexity index is 291. The molecule has 0 aliphatic carbocycles. The Morgan fingerprint density at radius 1 is 1.25 bits per heavy atom. The van der Waals surface area contributed by atoms with Gasteiger partial charge in [0.05, 0.1) is 6.61 Å². The van der Waals surface area contributed by atoms with Gasteiger partial charge in [0.2, 0.25) is 0 Å². The Kier molecular flexibility index (Phi) is 9.85. The molecule has 1 rings (SSSR count). The van der Waals surface area contributed by atoms with Crippen LogP contribution in [0.25, 0.3) is 0 Å². The molecule has 0 bridgehead atoms. The van der Waals surface area contributed by atoms with Crippen molar-refractivity contribution in [3.8, 4) is 0 Å². The first-order valence-corrected chi connectivity index (χ1v) is 5.12. The van der Waals surface area contributed by atoms with E-state index in [-0.39, 0.29) is 5.97 Å². The van der Waals surface area contributed by atoms with E-state index in [1.54, 1.807) is 31.5 Å². The predicted molar refractivity (Wildman–Crippen MR) is 64.8 cm³/mol. The van der Waals surface area contributed by atoms with Crippen molar-refractivity contribution < 1.29 is 9.53 Å². The van der Waals surface area contributed by atoms with Crippen molar-refractivity contribution in [2.24, 2.45) is 0 Å². The highest BCUT2D eigenvalue weighted by Gasteiger charge is 1.89. The standard InChI is InChI=1S/C8H12O2.C5H5N/c1-3-5-6-7-8(9)10-4-2;1-2-4-6-5-3-1/h3,5-7H,4H2,1-2H3;1-5H/b5-3+,7-6+;. The number of aromatic nitrogens is 1. The van der Waals surface area contributed by atoms with Crippen LogP contribution in [0.3, 0.4) is 0 Å². The van der Waals surface area contributed by atoms with Gasteiger partial charge < -0.3 is 4.74 Å². The smallest absolute Gasteiger partial charge is 0.330 e. The maximum atomic E-state index is 10.6. The lowest BCUT2D eigenvalue weighted by molar-refractivity contribution is -0.137. The molecule has 0 aromatic carbocycles. The lowest BCUT2D eigenvalue weighted by Crippen LogP contribution is -1.98. The summed E-state index contributed by atoms with van der Waals surface area (Å²) in [6, 6.07) is 5.72. The van der Waals surface area contributed by atoms with Gasteiger partial charge in [0, 0.05) is 18.5 Å². The quantitative estimate of drug-likeness (QED) is 0.446. The van der Waals surface area contributed by atoms with E-state index in [0.717, 1.165) is 0 Å². The normalized spacial score (nSPS) is 9.88. The Labute approximate surface area is 96.5 Å². The Morgan fingerprint density at radius 2 is 1.94 bits per heavy atom. The summed E-state index contributed by atoms with van der Waals surface area (Å²) in [6.07, 6.45) is 10.2. The highest BCUT2D eigenvalue weighted by atomic mass is 16.5. The average Bonchev–Trinajstić information content (AvgIpc) is 2.33. The molecular weight excluding hydrogens is 202 g/mol. The molecule has 1 aromatic heterocycles. The number of allylic oxidation sites excluding steroid dienone is 3. The lowest BCUT2D eigenvalue weighted by atomic mass is 10.4. The van der Waals surface area contributed by atoms with Crippen LogP contribution < -0.4 is 0 Å². The maximum absolute atomic E-state index is 10.6. The maximum Gasteiger partial charge on any atom is 0.330 e. The molecule has 3 heteroatoms. The van der Waals surface area contributed by atoms with Crippen LogP contribution >= 0.6 is 0 Å². The van der Waals surface area contributed by atoms with Crippen LogP contribution in [0.4, 0.5) is 0 Å². The molecule has 0 radical (unpaired) electrons. The molecule has 0 saturated carbocycles. The number of hydrogen-bond donors (Lipinski definition) is 0. The minimum atomic E-state index is -0.291. The predicted octanol–water partition coefficient (Wildman–Crippen LogP) is 2.76. The zero-order valence-electron chi connectivity index (χ0n) is 9.67. The van der Waals surface area contributed by atoms with E-state index < -0.39 is 0 Å². The van der Waals surface area contributed by atoms with Crippen LogP contribution in [0.2, 0.25) is 0 Å². The fourth-order valence-corrected chi connectivity index (χ4v) is 0.748. The summed E-state index contributed by atoms with van der Waals surface area (Å²) in [5.41, 5.74) is 0. The molecule has 0 atom stereocenters. The second kappa shape index (κ2) is 11.2. The number of hydrogen-bond acceptors (Lipinski definition) is 3. The molecule has 0 aliphatic rings. The van der Waals surface area contributed by atoms with Gasteiger partial charge in [0.15, 0.2) is 0 Å². The number of carbonyl (C=O) groups is 1. The molecule has 1 heterocycles. The number of nitrogens with zero attached hydrogens (tertiary/aromatic N) is 1. The van der Waals surface area contributed by atoms with Gasteiger partial charge in [0.1, 0.15) is 0 Å². The van der Waals surface area contributed by atoms with Gasteiger partial charge in [-0.1, -0.05) is 24.3 Å². The van der Waals surface area contributed by atoms with Crippen molar-refractivity contribution in [3.05, 3.63) is 54.9 Å². The van der Waals surface area contributed by atoms with Crippen molar-refractivity contribution in [1.82, 2.24) is 4.98 Å².